The summed E-state index contributed by atoms with van der Waals surface area (Å²) in [6.07, 6.45) is 3.78. The van der Waals surface area contributed by atoms with Crippen LogP contribution in [0.1, 0.15) is 52.9 Å². The van der Waals surface area contributed by atoms with Gasteiger partial charge >= 0.3 is 5.97 Å². The molecule has 0 saturated carbocycles. The third-order valence-electron chi connectivity index (χ3n) is 3.73. The van der Waals surface area contributed by atoms with Gasteiger partial charge in [0.2, 0.25) is 5.91 Å². The third kappa shape index (κ3) is 7.15. The minimum Gasteiger partial charge on any atom is -0.480 e. The van der Waals surface area contributed by atoms with Gasteiger partial charge in [0.05, 0.1) is 0 Å². The average molecular weight is 272 g/mol. The second kappa shape index (κ2) is 9.78. The molecule has 0 rings (SSSR count). The van der Waals surface area contributed by atoms with E-state index in [-0.39, 0.29) is 11.8 Å². The first-order chi connectivity index (χ1) is 8.96. The number of carboxylic acids is 1. The van der Waals surface area contributed by atoms with Crippen LogP contribution in [0.15, 0.2) is 0 Å². The van der Waals surface area contributed by atoms with Gasteiger partial charge < -0.3 is 16.2 Å². The second-order valence-electron chi connectivity index (χ2n) is 5.16. The zero-order valence-corrected chi connectivity index (χ0v) is 12.3. The number of nitrogens with one attached hydrogen (secondary N) is 1. The van der Waals surface area contributed by atoms with Crippen molar-refractivity contribution in [2.24, 2.45) is 17.6 Å². The lowest BCUT2D eigenvalue weighted by atomic mass is 9.95. The van der Waals surface area contributed by atoms with Gasteiger partial charge in [0.1, 0.15) is 6.04 Å². The van der Waals surface area contributed by atoms with Crippen molar-refractivity contribution in [1.29, 1.82) is 0 Å². The fraction of sp³-hybridized carbons (Fsp3) is 0.857. The molecule has 112 valence electrons. The molecule has 4 N–H and O–H groups in total. The first kappa shape index (κ1) is 17.9. The number of aliphatic carboxylic acids is 1. The molecule has 1 unspecified atom stereocenters. The SMILES string of the molecule is CCC(CCN)CCC(=O)N[C@H](C(=O)O)[C@@H](C)CC. The average Bonchev–Trinajstić information content (AvgIpc) is 2.39. The molecule has 0 aliphatic rings. The van der Waals surface area contributed by atoms with Crippen molar-refractivity contribution in [2.45, 2.75) is 58.9 Å². The lowest BCUT2D eigenvalue weighted by molar-refractivity contribution is -0.143. The van der Waals surface area contributed by atoms with E-state index in [2.05, 4.69) is 12.2 Å². The van der Waals surface area contributed by atoms with Crippen LogP contribution in [0.4, 0.5) is 0 Å². The van der Waals surface area contributed by atoms with Crippen molar-refractivity contribution in [3.8, 4) is 0 Å². The van der Waals surface area contributed by atoms with Gasteiger partial charge in [-0.15, -0.1) is 0 Å². The Bertz CT molecular complexity index is 282. The van der Waals surface area contributed by atoms with Gasteiger partial charge in [-0.25, -0.2) is 4.79 Å². The highest BCUT2D eigenvalue weighted by Crippen LogP contribution is 2.15. The van der Waals surface area contributed by atoms with Crippen molar-refractivity contribution in [3.05, 3.63) is 0 Å². The fourth-order valence-corrected chi connectivity index (χ4v) is 2.05. The first-order valence-corrected chi connectivity index (χ1v) is 7.18. The number of hydrogen-bond donors (Lipinski definition) is 3. The highest BCUT2D eigenvalue weighted by Gasteiger charge is 2.25. The van der Waals surface area contributed by atoms with Crippen molar-refractivity contribution in [1.82, 2.24) is 5.32 Å². The van der Waals surface area contributed by atoms with Crippen LogP contribution < -0.4 is 11.1 Å². The van der Waals surface area contributed by atoms with Crippen LogP contribution in [0.25, 0.3) is 0 Å². The topological polar surface area (TPSA) is 92.4 Å². The Labute approximate surface area is 115 Å². The van der Waals surface area contributed by atoms with E-state index in [4.69, 9.17) is 10.8 Å². The van der Waals surface area contributed by atoms with Gasteiger partial charge in [-0.05, 0) is 31.2 Å². The van der Waals surface area contributed by atoms with E-state index in [0.29, 0.717) is 18.9 Å². The molecular formula is C14H28N2O3. The largest absolute Gasteiger partial charge is 0.480 e. The molecule has 1 amide bonds. The Kier molecular flexibility index (Phi) is 9.21. The van der Waals surface area contributed by atoms with E-state index in [0.717, 1.165) is 25.7 Å². The number of hydrogen-bond acceptors (Lipinski definition) is 3. The zero-order chi connectivity index (χ0) is 14.8. The summed E-state index contributed by atoms with van der Waals surface area (Å²) < 4.78 is 0. The molecule has 0 aliphatic heterocycles. The number of nitrogens with two attached hydrogens (primary N) is 1. The van der Waals surface area contributed by atoms with Crippen molar-refractivity contribution >= 4 is 11.9 Å². The molecule has 0 radical (unpaired) electrons. The summed E-state index contributed by atoms with van der Waals surface area (Å²) >= 11 is 0. The normalized spacial score (nSPS) is 15.6. The molecule has 0 aromatic carbocycles. The summed E-state index contributed by atoms with van der Waals surface area (Å²) in [6, 6.07) is -0.785. The molecule has 0 fully saturated rings. The molecule has 0 aliphatic carbocycles. The molecule has 5 heteroatoms. The van der Waals surface area contributed by atoms with Crippen molar-refractivity contribution < 1.29 is 14.7 Å². The summed E-state index contributed by atoms with van der Waals surface area (Å²) in [5.74, 6) is -0.755. The van der Waals surface area contributed by atoms with E-state index in [1.165, 1.54) is 0 Å². The molecule has 0 saturated heterocycles. The number of carbonyl (C=O) groups excluding carboxylic acids is 1. The van der Waals surface area contributed by atoms with Gasteiger partial charge in [0, 0.05) is 6.42 Å². The maximum Gasteiger partial charge on any atom is 0.326 e. The molecule has 19 heavy (non-hydrogen) atoms. The highest BCUT2D eigenvalue weighted by molar-refractivity contribution is 5.83. The summed E-state index contributed by atoms with van der Waals surface area (Å²) in [6.45, 7) is 6.46. The second-order valence-corrected chi connectivity index (χ2v) is 5.16. The van der Waals surface area contributed by atoms with Gasteiger partial charge in [0.25, 0.3) is 0 Å². The molecule has 0 bridgehead atoms. The molecule has 0 aromatic rings. The predicted octanol–water partition coefficient (Wildman–Crippen LogP) is 1.76. The molecule has 3 atom stereocenters. The van der Waals surface area contributed by atoms with Gasteiger partial charge in [0.15, 0.2) is 0 Å². The Balaban J connectivity index is 4.23. The van der Waals surface area contributed by atoms with E-state index in [1.807, 2.05) is 13.8 Å². The molecule has 0 aromatic heterocycles. The Morgan fingerprint density at radius 1 is 1.21 bits per heavy atom. The maximum absolute atomic E-state index is 11.8. The standard InChI is InChI=1S/C14H28N2O3/c1-4-10(3)13(14(18)19)16-12(17)7-6-11(5-2)8-9-15/h10-11,13H,4-9,15H2,1-3H3,(H,16,17)(H,18,19)/t10-,11?,13-/m0/s1. The fourth-order valence-electron chi connectivity index (χ4n) is 2.05. The Morgan fingerprint density at radius 3 is 2.26 bits per heavy atom. The Morgan fingerprint density at radius 2 is 1.84 bits per heavy atom. The van der Waals surface area contributed by atoms with Crippen molar-refractivity contribution in [3.63, 3.8) is 0 Å². The minimum atomic E-state index is -0.961. The lowest BCUT2D eigenvalue weighted by Gasteiger charge is -2.21. The van der Waals surface area contributed by atoms with Crippen LogP contribution in [-0.2, 0) is 9.59 Å². The first-order valence-electron chi connectivity index (χ1n) is 7.18. The summed E-state index contributed by atoms with van der Waals surface area (Å²) in [4.78, 5) is 22.9. The van der Waals surface area contributed by atoms with Gasteiger partial charge in [-0.1, -0.05) is 33.6 Å². The van der Waals surface area contributed by atoms with Gasteiger partial charge in [-0.2, -0.15) is 0 Å². The Hall–Kier alpha value is -1.10. The van der Waals surface area contributed by atoms with E-state index >= 15 is 0 Å². The number of rotatable bonds is 10. The monoisotopic (exact) mass is 272 g/mol. The van der Waals surface area contributed by atoms with Gasteiger partial charge in [-0.3, -0.25) is 4.79 Å². The quantitative estimate of drug-likeness (QED) is 0.565. The van der Waals surface area contributed by atoms with Crippen LogP contribution in [0.5, 0.6) is 0 Å². The minimum absolute atomic E-state index is 0.0625. The molecule has 5 nitrogen and oxygen atoms in total. The molecule has 0 spiro atoms. The van der Waals surface area contributed by atoms with Crippen LogP contribution in [0.3, 0.4) is 0 Å². The summed E-state index contributed by atoms with van der Waals surface area (Å²) in [5, 5.41) is 11.7. The maximum atomic E-state index is 11.8. The zero-order valence-electron chi connectivity index (χ0n) is 12.3. The van der Waals surface area contributed by atoms with E-state index in [9.17, 15) is 9.59 Å². The molecular weight excluding hydrogens is 244 g/mol. The number of amides is 1. The highest BCUT2D eigenvalue weighted by atomic mass is 16.4. The summed E-state index contributed by atoms with van der Waals surface area (Å²) in [7, 11) is 0. The smallest absolute Gasteiger partial charge is 0.326 e. The number of carboxylic acid groups (broad SMARTS) is 1. The van der Waals surface area contributed by atoms with Crippen LogP contribution >= 0.6 is 0 Å². The van der Waals surface area contributed by atoms with E-state index < -0.39 is 12.0 Å². The predicted molar refractivity (Wildman–Crippen MR) is 75.7 cm³/mol. The lowest BCUT2D eigenvalue weighted by Crippen LogP contribution is -2.45. The van der Waals surface area contributed by atoms with Crippen LogP contribution in [0, 0.1) is 11.8 Å². The van der Waals surface area contributed by atoms with Crippen molar-refractivity contribution in [2.75, 3.05) is 6.54 Å². The van der Waals surface area contributed by atoms with Crippen LogP contribution in [0.2, 0.25) is 0 Å². The molecule has 0 heterocycles. The van der Waals surface area contributed by atoms with Crippen LogP contribution in [-0.4, -0.2) is 29.6 Å². The van der Waals surface area contributed by atoms with E-state index in [1.54, 1.807) is 0 Å². The number of carbonyl (C=O) groups is 2. The summed E-state index contributed by atoms with van der Waals surface area (Å²) in [5.41, 5.74) is 5.51. The third-order valence-corrected chi connectivity index (χ3v) is 3.73.